The summed E-state index contributed by atoms with van der Waals surface area (Å²) < 4.78 is 0. The maximum atomic E-state index is 6.53. The molecule has 3 atom stereocenters. The van der Waals surface area contributed by atoms with Gasteiger partial charge in [0.15, 0.2) is 0 Å². The molecule has 0 amide bonds. The summed E-state index contributed by atoms with van der Waals surface area (Å²) in [5.41, 5.74) is 12.8. The summed E-state index contributed by atoms with van der Waals surface area (Å²) in [7, 11) is 0. The predicted molar refractivity (Wildman–Crippen MR) is 84.9 cm³/mol. The van der Waals surface area contributed by atoms with Gasteiger partial charge in [-0.2, -0.15) is 0 Å². The Balaban J connectivity index is 1.99. The van der Waals surface area contributed by atoms with E-state index in [0.717, 1.165) is 29.6 Å². The van der Waals surface area contributed by atoms with Crippen LogP contribution in [0.25, 0.3) is 0 Å². The largest absolute Gasteiger partial charge is 0.398 e. The van der Waals surface area contributed by atoms with Crippen LogP contribution >= 0.6 is 0 Å². The Morgan fingerprint density at radius 2 is 2.00 bits per heavy atom. The topological polar surface area (TPSA) is 38.9 Å². The van der Waals surface area contributed by atoms with Crippen molar-refractivity contribution in [1.29, 1.82) is 0 Å². The summed E-state index contributed by atoms with van der Waals surface area (Å²) in [6.45, 7) is 6.63. The van der Waals surface area contributed by atoms with Gasteiger partial charge in [-0.15, -0.1) is 0 Å². The second-order valence-electron chi connectivity index (χ2n) is 6.93. The molecule has 0 spiro atoms. The molecule has 110 valence electrons. The van der Waals surface area contributed by atoms with Crippen LogP contribution in [-0.4, -0.2) is 4.98 Å². The fourth-order valence-electron chi connectivity index (χ4n) is 4.79. The molecule has 20 heavy (non-hydrogen) atoms. The van der Waals surface area contributed by atoms with Gasteiger partial charge < -0.3 is 5.73 Å². The zero-order chi connectivity index (χ0) is 14.3. The molecule has 2 heteroatoms. The van der Waals surface area contributed by atoms with E-state index in [4.69, 9.17) is 10.7 Å². The second kappa shape index (κ2) is 5.38. The Bertz CT molecular complexity index is 507. The molecule has 1 saturated carbocycles. The summed E-state index contributed by atoms with van der Waals surface area (Å²) in [5.74, 6) is 2.46. The third kappa shape index (κ3) is 2.23. The van der Waals surface area contributed by atoms with Crippen LogP contribution in [0.4, 0.5) is 5.69 Å². The highest BCUT2D eigenvalue weighted by Gasteiger charge is 2.37. The van der Waals surface area contributed by atoms with E-state index in [-0.39, 0.29) is 0 Å². The molecule has 3 rings (SSSR count). The number of aromatic nitrogens is 1. The normalized spacial score (nSPS) is 28.2. The monoisotopic (exact) mass is 272 g/mol. The maximum absolute atomic E-state index is 6.53. The molecular formula is C18H28N2. The van der Waals surface area contributed by atoms with Gasteiger partial charge in [-0.1, -0.05) is 26.7 Å². The zero-order valence-corrected chi connectivity index (χ0v) is 13.2. The number of aryl methyl sites for hydroxylation is 1. The Hall–Kier alpha value is -1.05. The highest BCUT2D eigenvalue weighted by molar-refractivity contribution is 5.59. The van der Waals surface area contributed by atoms with Crippen LogP contribution in [0.1, 0.15) is 74.4 Å². The average molecular weight is 272 g/mol. The summed E-state index contributed by atoms with van der Waals surface area (Å²) >= 11 is 0. The highest BCUT2D eigenvalue weighted by Crippen LogP contribution is 2.49. The number of rotatable bonds is 3. The number of fused-ring (bicyclic) bond motifs is 4. The fraction of sp³-hybridized carbons (Fsp3) is 0.722. The highest BCUT2D eigenvalue weighted by atomic mass is 14.8. The van der Waals surface area contributed by atoms with Crippen LogP contribution in [0, 0.1) is 18.8 Å². The van der Waals surface area contributed by atoms with Crippen molar-refractivity contribution in [2.45, 2.75) is 71.6 Å². The average Bonchev–Trinajstić information content (AvgIpc) is 2.38. The lowest BCUT2D eigenvalue weighted by molar-refractivity contribution is 0.209. The Morgan fingerprint density at radius 3 is 2.70 bits per heavy atom. The Labute approximate surface area is 123 Å². The first-order valence-electron chi connectivity index (χ1n) is 8.41. The summed E-state index contributed by atoms with van der Waals surface area (Å²) in [6.07, 6.45) is 9.00. The molecule has 0 saturated heterocycles. The van der Waals surface area contributed by atoms with Gasteiger partial charge in [-0.05, 0) is 67.9 Å². The molecule has 2 aliphatic carbocycles. The predicted octanol–water partition coefficient (Wildman–Crippen LogP) is 4.39. The van der Waals surface area contributed by atoms with Crippen molar-refractivity contribution in [3.8, 4) is 0 Å². The summed E-state index contributed by atoms with van der Waals surface area (Å²) in [4.78, 5) is 4.92. The summed E-state index contributed by atoms with van der Waals surface area (Å²) in [5, 5.41) is 0. The Kier molecular flexibility index (Phi) is 3.74. The van der Waals surface area contributed by atoms with E-state index in [1.807, 2.05) is 0 Å². The van der Waals surface area contributed by atoms with Crippen LogP contribution < -0.4 is 5.73 Å². The van der Waals surface area contributed by atoms with Crippen LogP contribution in [0.2, 0.25) is 0 Å². The van der Waals surface area contributed by atoms with E-state index >= 15 is 0 Å². The molecule has 1 fully saturated rings. The third-order valence-electron chi connectivity index (χ3n) is 5.51. The number of nitrogen functional groups attached to an aromatic ring is 1. The number of anilines is 1. The second-order valence-corrected chi connectivity index (χ2v) is 6.93. The molecule has 2 aliphatic rings. The SMILES string of the molecule is CCCC1CC2Cc3nc(C)c(CC)c(N)c3C(C1)C2. The number of nitrogens with two attached hydrogens (primary N) is 1. The molecule has 3 unspecified atom stereocenters. The van der Waals surface area contributed by atoms with Crippen molar-refractivity contribution < 1.29 is 0 Å². The smallest absolute Gasteiger partial charge is 0.0465 e. The van der Waals surface area contributed by atoms with Crippen molar-refractivity contribution in [2.24, 2.45) is 11.8 Å². The number of hydrogen-bond acceptors (Lipinski definition) is 2. The minimum Gasteiger partial charge on any atom is -0.398 e. The van der Waals surface area contributed by atoms with E-state index in [1.54, 1.807) is 0 Å². The maximum Gasteiger partial charge on any atom is 0.0465 e. The Morgan fingerprint density at radius 1 is 1.20 bits per heavy atom. The molecule has 2 bridgehead atoms. The molecule has 2 N–H and O–H groups in total. The minimum absolute atomic E-state index is 0.687. The van der Waals surface area contributed by atoms with Gasteiger partial charge in [0, 0.05) is 17.1 Å². The molecule has 0 radical (unpaired) electrons. The van der Waals surface area contributed by atoms with Crippen LogP contribution in [0.5, 0.6) is 0 Å². The van der Waals surface area contributed by atoms with Crippen LogP contribution in [0.3, 0.4) is 0 Å². The third-order valence-corrected chi connectivity index (χ3v) is 5.51. The standard InChI is InChI=1S/C18H28N2/c1-4-6-12-7-13-9-14(8-12)17-16(10-13)20-11(3)15(5-2)18(17)19/h12-14H,4-10H2,1-3H3,(H2,19,20). The zero-order valence-electron chi connectivity index (χ0n) is 13.2. The van der Waals surface area contributed by atoms with Crippen molar-refractivity contribution in [2.75, 3.05) is 5.73 Å². The molecule has 1 heterocycles. The van der Waals surface area contributed by atoms with Gasteiger partial charge in [0.25, 0.3) is 0 Å². The van der Waals surface area contributed by atoms with Gasteiger partial charge >= 0.3 is 0 Å². The molecule has 0 aromatic carbocycles. The van der Waals surface area contributed by atoms with E-state index < -0.39 is 0 Å². The van der Waals surface area contributed by atoms with Gasteiger partial charge in [-0.3, -0.25) is 4.98 Å². The quantitative estimate of drug-likeness (QED) is 0.886. The molecule has 1 aromatic rings. The molecule has 2 nitrogen and oxygen atoms in total. The first kappa shape index (κ1) is 13.9. The lowest BCUT2D eigenvalue weighted by atomic mass is 9.65. The lowest BCUT2D eigenvalue weighted by Crippen LogP contribution is -2.30. The fourth-order valence-corrected chi connectivity index (χ4v) is 4.79. The number of nitrogens with zero attached hydrogens (tertiary/aromatic N) is 1. The van der Waals surface area contributed by atoms with Crippen molar-refractivity contribution in [3.05, 3.63) is 22.5 Å². The van der Waals surface area contributed by atoms with Gasteiger partial charge in [0.2, 0.25) is 0 Å². The van der Waals surface area contributed by atoms with Crippen LogP contribution in [0.15, 0.2) is 0 Å². The first-order valence-corrected chi connectivity index (χ1v) is 8.41. The van der Waals surface area contributed by atoms with Crippen molar-refractivity contribution in [3.63, 3.8) is 0 Å². The van der Waals surface area contributed by atoms with Crippen molar-refractivity contribution in [1.82, 2.24) is 4.98 Å². The minimum atomic E-state index is 0.687. The molecule has 0 aliphatic heterocycles. The molecular weight excluding hydrogens is 244 g/mol. The van der Waals surface area contributed by atoms with Gasteiger partial charge in [-0.25, -0.2) is 0 Å². The lowest BCUT2D eigenvalue weighted by Gasteiger charge is -2.41. The first-order chi connectivity index (χ1) is 9.63. The summed E-state index contributed by atoms with van der Waals surface area (Å²) in [6, 6.07) is 0. The number of hydrogen-bond donors (Lipinski definition) is 1. The van der Waals surface area contributed by atoms with E-state index in [1.165, 1.54) is 55.3 Å². The number of pyridine rings is 1. The van der Waals surface area contributed by atoms with Gasteiger partial charge in [0.05, 0.1) is 0 Å². The van der Waals surface area contributed by atoms with E-state index in [9.17, 15) is 0 Å². The van der Waals surface area contributed by atoms with Crippen LogP contribution in [-0.2, 0) is 12.8 Å². The van der Waals surface area contributed by atoms with E-state index in [2.05, 4.69) is 20.8 Å². The van der Waals surface area contributed by atoms with Gasteiger partial charge in [0.1, 0.15) is 0 Å². The molecule has 1 aromatic heterocycles. The van der Waals surface area contributed by atoms with E-state index in [0.29, 0.717) is 5.92 Å². The van der Waals surface area contributed by atoms with Crippen molar-refractivity contribution >= 4 is 5.69 Å².